The Morgan fingerprint density at radius 1 is 1.00 bits per heavy atom. The quantitative estimate of drug-likeness (QED) is 0.934. The average Bonchev–Trinajstić information content (AvgIpc) is 3.01. The first kappa shape index (κ1) is 15.1. The minimum Gasteiger partial charge on any atom is -0.481 e. The summed E-state index contributed by atoms with van der Waals surface area (Å²) in [5.41, 5.74) is 1.02. The van der Waals surface area contributed by atoms with Gasteiger partial charge in [0.1, 0.15) is 0 Å². The van der Waals surface area contributed by atoms with Gasteiger partial charge in [-0.25, -0.2) is 0 Å². The van der Waals surface area contributed by atoms with Crippen LogP contribution in [-0.4, -0.2) is 35.0 Å². The summed E-state index contributed by atoms with van der Waals surface area (Å²) in [7, 11) is 0. The summed E-state index contributed by atoms with van der Waals surface area (Å²) in [5, 5.41) is 9.52. The van der Waals surface area contributed by atoms with Crippen LogP contribution in [0.1, 0.15) is 43.6 Å². The van der Waals surface area contributed by atoms with E-state index >= 15 is 0 Å². The number of aliphatic carboxylic acids is 1. The van der Waals surface area contributed by atoms with E-state index in [0.717, 1.165) is 31.2 Å². The van der Waals surface area contributed by atoms with Gasteiger partial charge in [-0.05, 0) is 18.4 Å². The van der Waals surface area contributed by atoms with Gasteiger partial charge in [-0.2, -0.15) is 0 Å². The Balaban J connectivity index is 1.75. The van der Waals surface area contributed by atoms with Crippen LogP contribution in [0.2, 0.25) is 0 Å². The van der Waals surface area contributed by atoms with Crippen LogP contribution in [0, 0.1) is 11.8 Å². The highest BCUT2D eigenvalue weighted by molar-refractivity contribution is 5.81. The lowest BCUT2D eigenvalue weighted by molar-refractivity contribution is -0.142. The third kappa shape index (κ3) is 3.01. The van der Waals surface area contributed by atoms with Crippen molar-refractivity contribution in [3.63, 3.8) is 0 Å². The standard InChI is InChI=1S/C18H23NO3/c20-17(14-9-5-2-6-10-14)19-11-15(16(12-19)18(21)22)13-7-3-1-4-8-13/h1,3-4,7-8,14-16H,2,5-6,9-12H2,(H,21,22)/t15-,16+/m0/s1. The molecule has 0 radical (unpaired) electrons. The second kappa shape index (κ2) is 6.51. The molecule has 0 aromatic heterocycles. The molecule has 1 heterocycles. The number of carboxylic acids is 1. The van der Waals surface area contributed by atoms with Gasteiger partial charge in [0, 0.05) is 24.9 Å². The number of hydrogen-bond donors (Lipinski definition) is 1. The molecule has 0 spiro atoms. The molecule has 4 heteroatoms. The third-order valence-corrected chi connectivity index (χ3v) is 5.13. The van der Waals surface area contributed by atoms with E-state index in [1.54, 1.807) is 4.90 Å². The van der Waals surface area contributed by atoms with Crippen molar-refractivity contribution >= 4 is 11.9 Å². The summed E-state index contributed by atoms with van der Waals surface area (Å²) >= 11 is 0. The zero-order valence-electron chi connectivity index (χ0n) is 12.8. The van der Waals surface area contributed by atoms with E-state index in [-0.39, 0.29) is 17.7 Å². The Labute approximate surface area is 131 Å². The predicted octanol–water partition coefficient (Wildman–Crippen LogP) is 2.89. The summed E-state index contributed by atoms with van der Waals surface area (Å²) in [4.78, 5) is 26.1. The van der Waals surface area contributed by atoms with Crippen LogP contribution < -0.4 is 0 Å². The largest absolute Gasteiger partial charge is 0.481 e. The number of carbonyl (C=O) groups excluding carboxylic acids is 1. The molecule has 1 amide bonds. The van der Waals surface area contributed by atoms with Crippen LogP contribution in [0.3, 0.4) is 0 Å². The van der Waals surface area contributed by atoms with Gasteiger partial charge in [-0.1, -0.05) is 49.6 Å². The van der Waals surface area contributed by atoms with E-state index in [1.165, 1.54) is 6.42 Å². The van der Waals surface area contributed by atoms with E-state index in [9.17, 15) is 14.7 Å². The van der Waals surface area contributed by atoms with Crippen molar-refractivity contribution in [2.45, 2.75) is 38.0 Å². The van der Waals surface area contributed by atoms with Crippen LogP contribution in [-0.2, 0) is 9.59 Å². The Morgan fingerprint density at radius 2 is 1.68 bits per heavy atom. The maximum absolute atomic E-state index is 12.7. The summed E-state index contributed by atoms with van der Waals surface area (Å²) in [6, 6.07) is 9.73. The Bertz CT molecular complexity index is 537. The van der Waals surface area contributed by atoms with Crippen molar-refractivity contribution in [2.75, 3.05) is 13.1 Å². The number of likely N-dealkylation sites (tertiary alicyclic amines) is 1. The Kier molecular flexibility index (Phi) is 4.46. The molecule has 2 atom stereocenters. The van der Waals surface area contributed by atoms with Crippen LogP contribution in [0.15, 0.2) is 30.3 Å². The third-order valence-electron chi connectivity index (χ3n) is 5.13. The van der Waals surface area contributed by atoms with Gasteiger partial charge in [0.15, 0.2) is 0 Å². The SMILES string of the molecule is O=C(O)[C@@H]1CN(C(=O)C2CCCCC2)C[C@H]1c1ccccc1. The molecule has 1 saturated carbocycles. The molecule has 1 aromatic rings. The molecule has 1 saturated heterocycles. The number of rotatable bonds is 3. The van der Waals surface area contributed by atoms with Crippen LogP contribution in [0.4, 0.5) is 0 Å². The van der Waals surface area contributed by atoms with E-state index in [4.69, 9.17) is 0 Å². The number of hydrogen-bond acceptors (Lipinski definition) is 2. The van der Waals surface area contributed by atoms with E-state index in [2.05, 4.69) is 0 Å². The van der Waals surface area contributed by atoms with Crippen LogP contribution in [0.25, 0.3) is 0 Å². The fourth-order valence-electron chi connectivity index (χ4n) is 3.88. The average molecular weight is 301 g/mol. The predicted molar refractivity (Wildman–Crippen MR) is 83.5 cm³/mol. The molecule has 1 aliphatic carbocycles. The molecule has 0 unspecified atom stereocenters. The summed E-state index contributed by atoms with van der Waals surface area (Å²) < 4.78 is 0. The lowest BCUT2D eigenvalue weighted by Crippen LogP contribution is -2.36. The minimum atomic E-state index is -0.798. The summed E-state index contributed by atoms with van der Waals surface area (Å²) in [6.45, 7) is 0.889. The molecule has 1 aliphatic heterocycles. The van der Waals surface area contributed by atoms with Crippen LogP contribution in [0.5, 0.6) is 0 Å². The van der Waals surface area contributed by atoms with E-state index in [0.29, 0.717) is 13.1 Å². The maximum atomic E-state index is 12.7. The van der Waals surface area contributed by atoms with Crippen LogP contribution >= 0.6 is 0 Å². The lowest BCUT2D eigenvalue weighted by atomic mass is 9.88. The number of nitrogens with zero attached hydrogens (tertiary/aromatic N) is 1. The van der Waals surface area contributed by atoms with Crippen molar-refractivity contribution in [1.82, 2.24) is 4.90 Å². The number of carbonyl (C=O) groups is 2. The molecule has 22 heavy (non-hydrogen) atoms. The fraction of sp³-hybridized carbons (Fsp3) is 0.556. The second-order valence-corrected chi connectivity index (χ2v) is 6.54. The van der Waals surface area contributed by atoms with Gasteiger partial charge in [0.2, 0.25) is 5.91 Å². The van der Waals surface area contributed by atoms with Crippen molar-refractivity contribution in [2.24, 2.45) is 11.8 Å². The molecule has 0 bridgehead atoms. The highest BCUT2D eigenvalue weighted by Gasteiger charge is 2.41. The molecule has 4 nitrogen and oxygen atoms in total. The molecule has 2 aliphatic rings. The summed E-state index contributed by atoms with van der Waals surface area (Å²) in [5.74, 6) is -1.10. The highest BCUT2D eigenvalue weighted by Crippen LogP contribution is 2.35. The molecule has 2 fully saturated rings. The van der Waals surface area contributed by atoms with Gasteiger partial charge in [-0.15, -0.1) is 0 Å². The zero-order valence-corrected chi connectivity index (χ0v) is 12.8. The fourth-order valence-corrected chi connectivity index (χ4v) is 3.88. The van der Waals surface area contributed by atoms with Crippen molar-refractivity contribution in [3.8, 4) is 0 Å². The number of amides is 1. The second-order valence-electron chi connectivity index (χ2n) is 6.54. The molecular weight excluding hydrogens is 278 g/mol. The molecule has 3 rings (SSSR count). The zero-order chi connectivity index (χ0) is 15.5. The first-order chi connectivity index (χ1) is 10.7. The van der Waals surface area contributed by atoms with Gasteiger partial charge >= 0.3 is 5.97 Å². The topological polar surface area (TPSA) is 57.6 Å². The normalized spacial score (nSPS) is 26.1. The molecule has 1 aromatic carbocycles. The van der Waals surface area contributed by atoms with Gasteiger partial charge in [0.25, 0.3) is 0 Å². The highest BCUT2D eigenvalue weighted by atomic mass is 16.4. The number of benzene rings is 1. The summed E-state index contributed by atoms with van der Waals surface area (Å²) in [6.07, 6.45) is 5.38. The minimum absolute atomic E-state index is 0.0914. The van der Waals surface area contributed by atoms with Crippen molar-refractivity contribution in [1.29, 1.82) is 0 Å². The van der Waals surface area contributed by atoms with Gasteiger partial charge in [-0.3, -0.25) is 9.59 Å². The first-order valence-corrected chi connectivity index (χ1v) is 8.23. The molecular formula is C18H23NO3. The Morgan fingerprint density at radius 3 is 2.32 bits per heavy atom. The first-order valence-electron chi connectivity index (χ1n) is 8.23. The molecule has 1 N–H and O–H groups in total. The van der Waals surface area contributed by atoms with Gasteiger partial charge in [0.05, 0.1) is 5.92 Å². The smallest absolute Gasteiger partial charge is 0.308 e. The Hall–Kier alpha value is -1.84. The maximum Gasteiger partial charge on any atom is 0.308 e. The lowest BCUT2D eigenvalue weighted by Gasteiger charge is -2.26. The van der Waals surface area contributed by atoms with Crippen molar-refractivity contribution in [3.05, 3.63) is 35.9 Å². The molecule has 118 valence electrons. The monoisotopic (exact) mass is 301 g/mol. The van der Waals surface area contributed by atoms with E-state index < -0.39 is 11.9 Å². The van der Waals surface area contributed by atoms with Crippen molar-refractivity contribution < 1.29 is 14.7 Å². The van der Waals surface area contributed by atoms with E-state index in [1.807, 2.05) is 30.3 Å². The number of carboxylic acid groups (broad SMARTS) is 1. The van der Waals surface area contributed by atoms with Gasteiger partial charge < -0.3 is 10.0 Å².